The van der Waals surface area contributed by atoms with Gasteiger partial charge in [-0.25, -0.2) is 4.39 Å². The third-order valence-electron chi connectivity index (χ3n) is 3.91. The molecule has 2 amide bonds. The molecule has 1 aliphatic heterocycles. The number of ether oxygens (including phenoxy) is 1. The standard InChI is InChI=1S/C18H17ClFN3O3/c1-21-18(25)15-9-23(14-7-3-6-13(20)17(14)26-15)10-16(24)22-12-5-2-4-11(19)8-12/h2-8,15H,9-10H2,1H3,(H,21,25)(H,22,24). The average molecular weight is 378 g/mol. The molecule has 3 rings (SSSR count). The number of amides is 2. The molecule has 1 unspecified atom stereocenters. The van der Waals surface area contributed by atoms with Crippen LogP contribution >= 0.6 is 11.6 Å². The number of carbonyl (C=O) groups is 2. The Morgan fingerprint density at radius 1 is 1.31 bits per heavy atom. The highest BCUT2D eigenvalue weighted by Crippen LogP contribution is 2.35. The summed E-state index contributed by atoms with van der Waals surface area (Å²) in [6, 6.07) is 11.2. The van der Waals surface area contributed by atoms with Crippen molar-refractivity contribution in [2.45, 2.75) is 6.10 Å². The number of fused-ring (bicyclic) bond motifs is 1. The Labute approximate surface area is 154 Å². The van der Waals surface area contributed by atoms with Crippen molar-refractivity contribution in [2.24, 2.45) is 0 Å². The number of nitrogens with zero attached hydrogens (tertiary/aromatic N) is 1. The molecule has 26 heavy (non-hydrogen) atoms. The first kappa shape index (κ1) is 18.0. The van der Waals surface area contributed by atoms with Gasteiger partial charge in [-0.15, -0.1) is 0 Å². The van der Waals surface area contributed by atoms with Gasteiger partial charge in [0.25, 0.3) is 5.91 Å². The highest BCUT2D eigenvalue weighted by molar-refractivity contribution is 6.30. The van der Waals surface area contributed by atoms with Gasteiger partial charge in [0.05, 0.1) is 18.8 Å². The lowest BCUT2D eigenvalue weighted by Crippen LogP contribution is -2.50. The zero-order valence-corrected chi connectivity index (χ0v) is 14.7. The maximum Gasteiger partial charge on any atom is 0.262 e. The minimum absolute atomic E-state index is 0.0390. The highest BCUT2D eigenvalue weighted by Gasteiger charge is 2.32. The van der Waals surface area contributed by atoms with E-state index in [0.717, 1.165) is 0 Å². The number of benzene rings is 2. The second kappa shape index (κ2) is 7.61. The Kier molecular flexibility index (Phi) is 5.27. The summed E-state index contributed by atoms with van der Waals surface area (Å²) < 4.78 is 19.6. The van der Waals surface area contributed by atoms with Gasteiger partial charge in [-0.2, -0.15) is 0 Å². The molecule has 2 N–H and O–H groups in total. The Bertz CT molecular complexity index is 846. The summed E-state index contributed by atoms with van der Waals surface area (Å²) in [7, 11) is 1.47. The van der Waals surface area contributed by atoms with Crippen LogP contribution in [0.1, 0.15) is 0 Å². The minimum Gasteiger partial charge on any atom is -0.473 e. The molecule has 0 fully saturated rings. The molecular weight excluding hydrogens is 361 g/mol. The van der Waals surface area contributed by atoms with Gasteiger partial charge in [0.2, 0.25) is 5.91 Å². The third-order valence-corrected chi connectivity index (χ3v) is 4.15. The van der Waals surface area contributed by atoms with Crippen molar-refractivity contribution in [3.63, 3.8) is 0 Å². The molecule has 0 aromatic heterocycles. The van der Waals surface area contributed by atoms with Gasteiger partial charge in [-0.3, -0.25) is 9.59 Å². The summed E-state index contributed by atoms with van der Waals surface area (Å²) in [5.74, 6) is -1.33. The summed E-state index contributed by atoms with van der Waals surface area (Å²) in [6.45, 7) is 0.0545. The fourth-order valence-corrected chi connectivity index (χ4v) is 2.92. The molecule has 1 heterocycles. The number of hydrogen-bond acceptors (Lipinski definition) is 4. The number of likely N-dealkylation sites (N-methyl/N-ethyl adjacent to an activating group) is 1. The van der Waals surface area contributed by atoms with Crippen LogP contribution in [-0.4, -0.2) is 38.1 Å². The number of carbonyl (C=O) groups excluding carboxylic acids is 2. The van der Waals surface area contributed by atoms with E-state index in [4.69, 9.17) is 16.3 Å². The van der Waals surface area contributed by atoms with Crippen LogP contribution in [-0.2, 0) is 9.59 Å². The quantitative estimate of drug-likeness (QED) is 0.858. The van der Waals surface area contributed by atoms with E-state index in [-0.39, 0.29) is 30.7 Å². The van der Waals surface area contributed by atoms with Crippen molar-refractivity contribution in [1.29, 1.82) is 0 Å². The maximum atomic E-state index is 14.1. The van der Waals surface area contributed by atoms with Crippen LogP contribution in [0.2, 0.25) is 5.02 Å². The Hall–Kier alpha value is -2.80. The van der Waals surface area contributed by atoms with Crippen LogP contribution in [0.3, 0.4) is 0 Å². The van der Waals surface area contributed by atoms with E-state index in [2.05, 4.69) is 10.6 Å². The van der Waals surface area contributed by atoms with E-state index in [1.165, 1.54) is 19.2 Å². The molecule has 6 nitrogen and oxygen atoms in total. The van der Waals surface area contributed by atoms with Crippen LogP contribution < -0.4 is 20.3 Å². The number of anilines is 2. The Balaban J connectivity index is 1.80. The van der Waals surface area contributed by atoms with E-state index in [1.807, 2.05) is 0 Å². The Morgan fingerprint density at radius 3 is 2.81 bits per heavy atom. The number of para-hydroxylation sites is 1. The second-order valence-electron chi connectivity index (χ2n) is 5.75. The van der Waals surface area contributed by atoms with Crippen LogP contribution in [0.4, 0.5) is 15.8 Å². The van der Waals surface area contributed by atoms with Crippen LogP contribution in [0.5, 0.6) is 5.75 Å². The SMILES string of the molecule is CNC(=O)C1CN(CC(=O)Nc2cccc(Cl)c2)c2cccc(F)c2O1. The van der Waals surface area contributed by atoms with E-state index in [0.29, 0.717) is 16.4 Å². The zero-order chi connectivity index (χ0) is 18.7. The van der Waals surface area contributed by atoms with Crippen LogP contribution in [0, 0.1) is 5.82 Å². The van der Waals surface area contributed by atoms with Gasteiger partial charge in [0, 0.05) is 17.8 Å². The fourth-order valence-electron chi connectivity index (χ4n) is 2.73. The topological polar surface area (TPSA) is 70.7 Å². The van der Waals surface area contributed by atoms with E-state index in [9.17, 15) is 14.0 Å². The Morgan fingerprint density at radius 2 is 2.08 bits per heavy atom. The summed E-state index contributed by atoms with van der Waals surface area (Å²) in [4.78, 5) is 26.0. The molecule has 1 atom stereocenters. The molecular formula is C18H17ClFN3O3. The number of halogens is 2. The predicted octanol–water partition coefficient (Wildman–Crippen LogP) is 2.43. The van der Waals surface area contributed by atoms with E-state index in [1.54, 1.807) is 35.2 Å². The smallest absolute Gasteiger partial charge is 0.262 e. The fraction of sp³-hybridized carbons (Fsp3) is 0.222. The van der Waals surface area contributed by atoms with Crippen molar-refractivity contribution in [2.75, 3.05) is 30.4 Å². The molecule has 0 bridgehead atoms. The van der Waals surface area contributed by atoms with Gasteiger partial charge in [0.1, 0.15) is 0 Å². The molecule has 0 aliphatic carbocycles. The first-order chi connectivity index (χ1) is 12.5. The number of rotatable bonds is 4. The van der Waals surface area contributed by atoms with Gasteiger partial charge < -0.3 is 20.3 Å². The minimum atomic E-state index is -0.914. The molecule has 2 aromatic rings. The number of nitrogens with one attached hydrogen (secondary N) is 2. The summed E-state index contributed by atoms with van der Waals surface area (Å²) in [5.41, 5.74) is 0.976. The van der Waals surface area contributed by atoms with Crippen LogP contribution in [0.25, 0.3) is 0 Å². The maximum absolute atomic E-state index is 14.1. The lowest BCUT2D eigenvalue weighted by atomic mass is 10.1. The van der Waals surface area contributed by atoms with Crippen molar-refractivity contribution >= 4 is 34.8 Å². The van der Waals surface area contributed by atoms with Gasteiger partial charge >= 0.3 is 0 Å². The first-order valence-corrected chi connectivity index (χ1v) is 8.33. The molecule has 136 valence electrons. The van der Waals surface area contributed by atoms with Crippen LogP contribution in [0.15, 0.2) is 42.5 Å². The van der Waals surface area contributed by atoms with Crippen molar-refractivity contribution < 1.29 is 18.7 Å². The van der Waals surface area contributed by atoms with Gasteiger partial charge in [-0.05, 0) is 30.3 Å². The second-order valence-corrected chi connectivity index (χ2v) is 6.18. The lowest BCUT2D eigenvalue weighted by Gasteiger charge is -2.35. The predicted molar refractivity (Wildman–Crippen MR) is 97.2 cm³/mol. The summed E-state index contributed by atoms with van der Waals surface area (Å²) in [6.07, 6.45) is -0.914. The average Bonchev–Trinajstić information content (AvgIpc) is 2.61. The monoisotopic (exact) mass is 377 g/mol. The summed E-state index contributed by atoms with van der Waals surface area (Å²) in [5, 5.41) is 5.71. The molecule has 0 saturated carbocycles. The normalized spacial score (nSPS) is 15.7. The molecule has 1 aliphatic rings. The molecule has 2 aromatic carbocycles. The molecule has 8 heteroatoms. The van der Waals surface area contributed by atoms with Crippen molar-refractivity contribution in [3.05, 3.63) is 53.3 Å². The zero-order valence-electron chi connectivity index (χ0n) is 14.0. The van der Waals surface area contributed by atoms with Crippen molar-refractivity contribution in [1.82, 2.24) is 5.32 Å². The lowest BCUT2D eigenvalue weighted by molar-refractivity contribution is -0.127. The molecule has 0 spiro atoms. The largest absolute Gasteiger partial charge is 0.473 e. The van der Waals surface area contributed by atoms with Gasteiger partial charge in [0.15, 0.2) is 17.7 Å². The van der Waals surface area contributed by atoms with E-state index < -0.39 is 11.9 Å². The number of hydrogen-bond donors (Lipinski definition) is 2. The third kappa shape index (κ3) is 3.88. The first-order valence-electron chi connectivity index (χ1n) is 7.95. The van der Waals surface area contributed by atoms with Gasteiger partial charge in [-0.1, -0.05) is 23.7 Å². The van der Waals surface area contributed by atoms with E-state index >= 15 is 0 Å². The summed E-state index contributed by atoms with van der Waals surface area (Å²) >= 11 is 5.91. The molecule has 0 radical (unpaired) electrons. The highest BCUT2D eigenvalue weighted by atomic mass is 35.5. The molecule has 0 saturated heterocycles. The van der Waals surface area contributed by atoms with Crippen molar-refractivity contribution in [3.8, 4) is 5.75 Å².